The Balaban J connectivity index is 3.05. The Morgan fingerprint density at radius 2 is 2.16 bits per heavy atom. The number of sulfonamides is 1. The SMILES string of the molecule is COC(=O)CNS(=O)(=O)c1ccc(N)c([N+](=O)[O-])c1. The van der Waals surface area contributed by atoms with Gasteiger partial charge in [-0.2, -0.15) is 4.72 Å². The van der Waals surface area contributed by atoms with Gasteiger partial charge in [0, 0.05) is 6.07 Å². The van der Waals surface area contributed by atoms with Crippen LogP contribution in [0.15, 0.2) is 23.1 Å². The molecule has 0 heterocycles. The molecule has 0 aliphatic rings. The number of methoxy groups -OCH3 is 1. The van der Waals surface area contributed by atoms with Gasteiger partial charge in [-0.15, -0.1) is 0 Å². The normalized spacial score (nSPS) is 11.0. The summed E-state index contributed by atoms with van der Waals surface area (Å²) in [4.78, 5) is 20.3. The van der Waals surface area contributed by atoms with Crippen molar-refractivity contribution in [2.45, 2.75) is 4.90 Å². The minimum absolute atomic E-state index is 0.156. The smallest absolute Gasteiger partial charge is 0.320 e. The lowest BCUT2D eigenvalue weighted by Crippen LogP contribution is -2.30. The molecule has 0 aliphatic heterocycles. The van der Waals surface area contributed by atoms with Crippen molar-refractivity contribution in [3.8, 4) is 0 Å². The van der Waals surface area contributed by atoms with Crippen molar-refractivity contribution < 1.29 is 22.9 Å². The number of nitro groups is 1. The predicted molar refractivity (Wildman–Crippen MR) is 64.7 cm³/mol. The molecule has 10 heteroatoms. The summed E-state index contributed by atoms with van der Waals surface area (Å²) in [5, 5.41) is 10.6. The second-order valence-electron chi connectivity index (χ2n) is 3.38. The van der Waals surface area contributed by atoms with E-state index in [9.17, 15) is 23.3 Å². The summed E-state index contributed by atoms with van der Waals surface area (Å²) in [5.41, 5.74) is 4.66. The lowest BCUT2D eigenvalue weighted by Gasteiger charge is -2.06. The minimum Gasteiger partial charge on any atom is -0.468 e. The van der Waals surface area contributed by atoms with Crippen molar-refractivity contribution in [1.29, 1.82) is 0 Å². The number of rotatable bonds is 5. The van der Waals surface area contributed by atoms with Crippen LogP contribution >= 0.6 is 0 Å². The van der Waals surface area contributed by atoms with Crippen LogP contribution in [0.4, 0.5) is 11.4 Å². The highest BCUT2D eigenvalue weighted by molar-refractivity contribution is 7.89. The predicted octanol–water partition coefficient (Wildman–Crippen LogP) is -0.372. The van der Waals surface area contributed by atoms with E-state index in [1.54, 1.807) is 0 Å². The molecule has 0 bridgehead atoms. The van der Waals surface area contributed by atoms with E-state index < -0.39 is 33.1 Å². The molecule has 0 aliphatic carbocycles. The minimum atomic E-state index is -4.05. The number of hydrogen-bond donors (Lipinski definition) is 2. The average molecular weight is 289 g/mol. The van der Waals surface area contributed by atoms with E-state index in [4.69, 9.17) is 5.73 Å². The molecule has 3 N–H and O–H groups in total. The van der Waals surface area contributed by atoms with Gasteiger partial charge in [-0.1, -0.05) is 0 Å². The van der Waals surface area contributed by atoms with Crippen LogP contribution in [0.25, 0.3) is 0 Å². The Morgan fingerprint density at radius 3 is 2.68 bits per heavy atom. The zero-order valence-corrected chi connectivity index (χ0v) is 10.6. The van der Waals surface area contributed by atoms with Crippen LogP contribution in [0.3, 0.4) is 0 Å². The molecule has 0 unspecified atom stereocenters. The van der Waals surface area contributed by atoms with Crippen LogP contribution in [-0.4, -0.2) is 33.0 Å². The second kappa shape index (κ2) is 5.63. The summed E-state index contributed by atoms with van der Waals surface area (Å²) < 4.78 is 29.7. The van der Waals surface area contributed by atoms with Gasteiger partial charge in [0.25, 0.3) is 5.69 Å². The summed E-state index contributed by atoms with van der Waals surface area (Å²) in [6.07, 6.45) is 0. The number of nitrogen functional groups attached to an aromatic ring is 1. The van der Waals surface area contributed by atoms with Crippen molar-refractivity contribution in [1.82, 2.24) is 4.72 Å². The fourth-order valence-electron chi connectivity index (χ4n) is 1.16. The van der Waals surface area contributed by atoms with Crippen LogP contribution in [0, 0.1) is 10.1 Å². The van der Waals surface area contributed by atoms with Gasteiger partial charge in [-0.3, -0.25) is 14.9 Å². The van der Waals surface area contributed by atoms with Gasteiger partial charge in [-0.25, -0.2) is 8.42 Å². The van der Waals surface area contributed by atoms with Crippen molar-refractivity contribution in [2.24, 2.45) is 0 Å². The first kappa shape index (κ1) is 14.9. The molecule has 1 aromatic rings. The maximum atomic E-state index is 11.8. The monoisotopic (exact) mass is 289 g/mol. The first-order valence-electron chi connectivity index (χ1n) is 4.88. The molecule has 9 nitrogen and oxygen atoms in total. The van der Waals surface area contributed by atoms with E-state index >= 15 is 0 Å². The number of carbonyl (C=O) groups excluding carboxylic acids is 1. The van der Waals surface area contributed by atoms with Gasteiger partial charge in [0.05, 0.1) is 16.9 Å². The summed E-state index contributed by atoms with van der Waals surface area (Å²) in [5.74, 6) is -0.784. The summed E-state index contributed by atoms with van der Waals surface area (Å²) >= 11 is 0. The van der Waals surface area contributed by atoms with Gasteiger partial charge in [-0.05, 0) is 12.1 Å². The van der Waals surface area contributed by atoms with Crippen molar-refractivity contribution >= 4 is 27.4 Å². The van der Waals surface area contributed by atoms with Gasteiger partial charge in [0.2, 0.25) is 10.0 Å². The molecular weight excluding hydrogens is 278 g/mol. The number of carbonyl (C=O) groups is 1. The number of nitrogens with one attached hydrogen (secondary N) is 1. The third kappa shape index (κ3) is 3.63. The molecule has 0 aromatic heterocycles. The quantitative estimate of drug-likeness (QED) is 0.326. The van der Waals surface area contributed by atoms with E-state index in [-0.39, 0.29) is 10.6 Å². The van der Waals surface area contributed by atoms with Gasteiger partial charge >= 0.3 is 5.97 Å². The third-order valence-corrected chi connectivity index (χ3v) is 3.54. The molecule has 0 radical (unpaired) electrons. The number of nitro benzene ring substituents is 1. The molecular formula is C9H11N3O6S. The summed E-state index contributed by atoms with van der Waals surface area (Å²) in [6, 6.07) is 3.02. The first-order chi connectivity index (χ1) is 8.77. The molecule has 1 rings (SSSR count). The van der Waals surface area contributed by atoms with Crippen LogP contribution in [0.1, 0.15) is 0 Å². The molecule has 0 atom stereocenters. The third-order valence-electron chi connectivity index (χ3n) is 2.14. The molecule has 0 fully saturated rings. The van der Waals surface area contributed by atoms with Crippen molar-refractivity contribution in [3.05, 3.63) is 28.3 Å². The molecule has 0 saturated carbocycles. The van der Waals surface area contributed by atoms with E-state index in [1.165, 1.54) is 0 Å². The van der Waals surface area contributed by atoms with Crippen LogP contribution < -0.4 is 10.5 Å². The lowest BCUT2D eigenvalue weighted by atomic mass is 10.3. The Morgan fingerprint density at radius 1 is 1.53 bits per heavy atom. The number of benzene rings is 1. The van der Waals surface area contributed by atoms with Crippen LogP contribution in [0.5, 0.6) is 0 Å². The fourth-order valence-corrected chi connectivity index (χ4v) is 2.15. The highest BCUT2D eigenvalue weighted by atomic mass is 32.2. The number of ether oxygens (including phenoxy) is 1. The molecule has 1 aromatic carbocycles. The van der Waals surface area contributed by atoms with E-state index in [1.807, 2.05) is 4.72 Å². The van der Waals surface area contributed by atoms with Gasteiger partial charge in [0.1, 0.15) is 12.2 Å². The Hall–Kier alpha value is -2.20. The summed E-state index contributed by atoms with van der Waals surface area (Å²) in [7, 11) is -2.95. The van der Waals surface area contributed by atoms with E-state index in [2.05, 4.69) is 4.74 Å². The highest BCUT2D eigenvalue weighted by Gasteiger charge is 2.20. The number of nitrogens with two attached hydrogens (primary N) is 1. The highest BCUT2D eigenvalue weighted by Crippen LogP contribution is 2.24. The Labute approximate surface area is 108 Å². The van der Waals surface area contributed by atoms with Crippen molar-refractivity contribution in [2.75, 3.05) is 19.4 Å². The van der Waals surface area contributed by atoms with E-state index in [0.29, 0.717) is 0 Å². The maximum Gasteiger partial charge on any atom is 0.320 e. The van der Waals surface area contributed by atoms with Gasteiger partial charge < -0.3 is 10.5 Å². The topological polar surface area (TPSA) is 142 Å². The number of hydrogen-bond acceptors (Lipinski definition) is 7. The molecule has 0 saturated heterocycles. The molecule has 0 spiro atoms. The maximum absolute atomic E-state index is 11.8. The number of esters is 1. The van der Waals surface area contributed by atoms with Crippen LogP contribution in [0.2, 0.25) is 0 Å². The molecule has 0 amide bonds. The standard InChI is InChI=1S/C9H11N3O6S/c1-18-9(13)5-11-19(16,17)6-2-3-7(10)8(4-6)12(14)15/h2-4,11H,5,10H2,1H3. The van der Waals surface area contributed by atoms with E-state index in [0.717, 1.165) is 25.3 Å². The zero-order valence-electron chi connectivity index (χ0n) is 9.82. The average Bonchev–Trinajstić information content (AvgIpc) is 2.35. The second-order valence-corrected chi connectivity index (χ2v) is 5.15. The zero-order chi connectivity index (χ0) is 14.6. The van der Waals surface area contributed by atoms with Gasteiger partial charge in [0.15, 0.2) is 0 Å². The molecule has 19 heavy (non-hydrogen) atoms. The van der Waals surface area contributed by atoms with Crippen molar-refractivity contribution in [3.63, 3.8) is 0 Å². The lowest BCUT2D eigenvalue weighted by molar-refractivity contribution is -0.384. The largest absolute Gasteiger partial charge is 0.468 e. The number of anilines is 1. The Bertz CT molecular complexity index is 612. The summed E-state index contributed by atoms with van der Waals surface area (Å²) in [6.45, 7) is -0.572. The van der Waals surface area contributed by atoms with Crippen LogP contribution in [-0.2, 0) is 19.6 Å². The Kier molecular flexibility index (Phi) is 4.40. The number of nitrogens with zero attached hydrogens (tertiary/aromatic N) is 1. The first-order valence-corrected chi connectivity index (χ1v) is 6.36. The molecule has 104 valence electrons. The fraction of sp³-hybridized carbons (Fsp3) is 0.222.